The summed E-state index contributed by atoms with van der Waals surface area (Å²) in [6.45, 7) is 0.199. The van der Waals surface area contributed by atoms with Gasteiger partial charge in [0, 0.05) is 52.9 Å². The Labute approximate surface area is 194 Å². The highest BCUT2D eigenvalue weighted by atomic mass is 16.2. The number of hydrogen-bond donors (Lipinski definition) is 5. The first-order valence-electron chi connectivity index (χ1n) is 11.1. The zero-order valence-corrected chi connectivity index (χ0v) is 19.7. The van der Waals surface area contributed by atoms with Crippen molar-refractivity contribution in [1.82, 2.24) is 26.2 Å². The van der Waals surface area contributed by atoms with Crippen LogP contribution in [-0.4, -0.2) is 87.0 Å². The molecule has 0 rings (SSSR count). The summed E-state index contributed by atoms with van der Waals surface area (Å²) in [6, 6.07) is 0. The smallest absolute Gasteiger partial charge is 0.234 e. The van der Waals surface area contributed by atoms with Crippen LogP contribution in [0.4, 0.5) is 0 Å². The molecule has 0 heterocycles. The van der Waals surface area contributed by atoms with Crippen LogP contribution < -0.4 is 27.0 Å². The predicted molar refractivity (Wildman–Crippen MR) is 122 cm³/mol. The normalized spacial score (nSPS) is 10.4. The number of rotatable bonds is 19. The van der Waals surface area contributed by atoms with Gasteiger partial charge in [0.2, 0.25) is 29.5 Å². The molecular formula is C21H38N6O6. The molecule has 33 heavy (non-hydrogen) atoms. The van der Waals surface area contributed by atoms with E-state index in [0.717, 1.165) is 0 Å². The minimum atomic E-state index is -0.426. The van der Waals surface area contributed by atoms with Crippen molar-refractivity contribution in [2.24, 2.45) is 5.73 Å². The Bertz CT molecular complexity index is 632. The first-order chi connectivity index (χ1) is 15.7. The van der Waals surface area contributed by atoms with Crippen molar-refractivity contribution in [3.63, 3.8) is 0 Å². The molecule has 12 nitrogen and oxygen atoms in total. The van der Waals surface area contributed by atoms with E-state index >= 15 is 0 Å². The molecule has 0 bridgehead atoms. The third-order valence-electron chi connectivity index (χ3n) is 4.63. The maximum Gasteiger partial charge on any atom is 0.234 e. The van der Waals surface area contributed by atoms with Gasteiger partial charge in [-0.2, -0.15) is 0 Å². The maximum absolute atomic E-state index is 12.3. The Kier molecular flexibility index (Phi) is 16.8. The van der Waals surface area contributed by atoms with Crippen molar-refractivity contribution in [3.8, 4) is 0 Å². The summed E-state index contributed by atoms with van der Waals surface area (Å²) in [5, 5.41) is 10.3. The fourth-order valence-corrected chi connectivity index (χ4v) is 2.84. The van der Waals surface area contributed by atoms with E-state index in [1.807, 2.05) is 0 Å². The molecule has 0 radical (unpaired) electrons. The van der Waals surface area contributed by atoms with Crippen molar-refractivity contribution in [2.45, 2.75) is 51.4 Å². The summed E-state index contributed by atoms with van der Waals surface area (Å²) in [5.41, 5.74) is 5.08. The lowest BCUT2D eigenvalue weighted by molar-refractivity contribution is -0.128. The summed E-state index contributed by atoms with van der Waals surface area (Å²) in [4.78, 5) is 71.4. The molecule has 0 saturated carbocycles. The molecule has 12 heteroatoms. The summed E-state index contributed by atoms with van der Waals surface area (Å²) < 4.78 is 0. The minimum Gasteiger partial charge on any atom is -0.370 e. The van der Waals surface area contributed by atoms with Gasteiger partial charge in [0.15, 0.2) is 0 Å². The lowest BCUT2D eigenvalue weighted by Crippen LogP contribution is -2.45. The fraction of sp³-hybridized carbons (Fsp3) is 0.714. The van der Waals surface area contributed by atoms with E-state index in [4.69, 9.17) is 5.73 Å². The Morgan fingerprint density at radius 3 is 1.48 bits per heavy atom. The van der Waals surface area contributed by atoms with Crippen LogP contribution in [0.15, 0.2) is 0 Å². The van der Waals surface area contributed by atoms with Crippen molar-refractivity contribution in [1.29, 1.82) is 0 Å². The Balaban J connectivity index is 4.60. The number of hydrogen-bond acceptors (Lipinski definition) is 7. The molecule has 0 saturated heterocycles. The molecule has 0 atom stereocenters. The lowest BCUT2D eigenvalue weighted by Gasteiger charge is -2.20. The third-order valence-corrected chi connectivity index (χ3v) is 4.63. The van der Waals surface area contributed by atoms with Crippen LogP contribution in [0.5, 0.6) is 0 Å². The van der Waals surface area contributed by atoms with Gasteiger partial charge in [-0.3, -0.25) is 33.7 Å². The molecule has 0 aromatic rings. The van der Waals surface area contributed by atoms with Gasteiger partial charge >= 0.3 is 0 Å². The molecule has 0 aliphatic rings. The highest BCUT2D eigenvalue weighted by Crippen LogP contribution is 2.02. The topological polar surface area (TPSA) is 180 Å². The second kappa shape index (κ2) is 18.5. The van der Waals surface area contributed by atoms with E-state index in [9.17, 15) is 28.8 Å². The van der Waals surface area contributed by atoms with Crippen LogP contribution in [0.1, 0.15) is 51.4 Å². The standard InChI is InChI=1S/C21H38N6O6/c1-23-18(30)9-5-11-25-20(32)14-27(13-16(28)7-3-4-8-17(22)29)15-21(33)26-12-6-10-19(31)24-2/h3-15H2,1-2H3,(H2,22,29)(H,23,30)(H,24,31)(H,25,32)(H,26,33). The molecule has 0 unspecified atom stereocenters. The summed E-state index contributed by atoms with van der Waals surface area (Å²) in [6.07, 6.45) is 2.91. The first-order valence-corrected chi connectivity index (χ1v) is 11.1. The highest BCUT2D eigenvalue weighted by molar-refractivity contribution is 5.85. The molecule has 188 valence electrons. The Morgan fingerprint density at radius 2 is 1.06 bits per heavy atom. The molecular weight excluding hydrogens is 432 g/mol. The number of ketones is 1. The summed E-state index contributed by atoms with van der Waals surface area (Å²) in [5.74, 6) is -1.55. The van der Waals surface area contributed by atoms with E-state index in [2.05, 4.69) is 21.3 Å². The zero-order valence-electron chi connectivity index (χ0n) is 19.7. The lowest BCUT2D eigenvalue weighted by atomic mass is 10.1. The number of nitrogens with two attached hydrogens (primary N) is 1. The van der Waals surface area contributed by atoms with Crippen LogP contribution in [0, 0.1) is 0 Å². The molecule has 0 aromatic heterocycles. The summed E-state index contributed by atoms with van der Waals surface area (Å²) >= 11 is 0. The predicted octanol–water partition coefficient (Wildman–Crippen LogP) is -1.81. The minimum absolute atomic E-state index is 0.0894. The van der Waals surface area contributed by atoms with Gasteiger partial charge in [-0.1, -0.05) is 0 Å². The van der Waals surface area contributed by atoms with E-state index in [1.54, 1.807) is 0 Å². The fourth-order valence-electron chi connectivity index (χ4n) is 2.84. The van der Waals surface area contributed by atoms with Crippen molar-refractivity contribution < 1.29 is 28.8 Å². The number of primary amides is 1. The summed E-state index contributed by atoms with van der Waals surface area (Å²) in [7, 11) is 3.07. The SMILES string of the molecule is CNC(=O)CCCNC(=O)CN(CC(=O)CCCCC(N)=O)CC(=O)NCCCC(=O)NC. The Morgan fingerprint density at radius 1 is 0.606 bits per heavy atom. The van der Waals surface area contributed by atoms with Crippen LogP contribution in [-0.2, 0) is 28.8 Å². The van der Waals surface area contributed by atoms with Gasteiger partial charge in [-0.05, 0) is 25.7 Å². The van der Waals surface area contributed by atoms with Gasteiger partial charge in [0.25, 0.3) is 0 Å². The van der Waals surface area contributed by atoms with Gasteiger partial charge in [0.05, 0.1) is 19.6 Å². The van der Waals surface area contributed by atoms with Gasteiger partial charge in [0.1, 0.15) is 5.78 Å². The van der Waals surface area contributed by atoms with Crippen LogP contribution >= 0.6 is 0 Å². The van der Waals surface area contributed by atoms with Crippen molar-refractivity contribution in [2.75, 3.05) is 46.8 Å². The Hall–Kier alpha value is -3.02. The van der Waals surface area contributed by atoms with Crippen LogP contribution in [0.2, 0.25) is 0 Å². The average molecular weight is 471 g/mol. The highest BCUT2D eigenvalue weighted by Gasteiger charge is 2.18. The number of unbranched alkanes of at least 4 members (excludes halogenated alkanes) is 1. The number of carbonyl (C=O) groups excluding carboxylic acids is 6. The molecule has 0 aromatic carbocycles. The van der Waals surface area contributed by atoms with E-state index in [-0.39, 0.29) is 74.7 Å². The van der Waals surface area contributed by atoms with Gasteiger partial charge in [-0.25, -0.2) is 0 Å². The molecule has 0 spiro atoms. The van der Waals surface area contributed by atoms with Crippen LogP contribution in [0.3, 0.4) is 0 Å². The van der Waals surface area contributed by atoms with E-state index in [1.165, 1.54) is 19.0 Å². The molecule has 0 fully saturated rings. The first kappa shape index (κ1) is 30.0. The number of nitrogens with zero attached hydrogens (tertiary/aromatic N) is 1. The quantitative estimate of drug-likeness (QED) is 0.138. The van der Waals surface area contributed by atoms with Gasteiger partial charge in [-0.15, -0.1) is 0 Å². The number of nitrogens with one attached hydrogen (secondary N) is 4. The average Bonchev–Trinajstić information content (AvgIpc) is 2.76. The number of Topliss-reactive ketones (excluding diaryl/α,β-unsaturated/α-hetero) is 1. The largest absolute Gasteiger partial charge is 0.370 e. The van der Waals surface area contributed by atoms with Crippen LogP contribution in [0.25, 0.3) is 0 Å². The second-order valence-electron chi connectivity index (χ2n) is 7.61. The monoisotopic (exact) mass is 470 g/mol. The van der Waals surface area contributed by atoms with Gasteiger partial charge < -0.3 is 27.0 Å². The third kappa shape index (κ3) is 18.3. The molecule has 0 aliphatic heterocycles. The second-order valence-corrected chi connectivity index (χ2v) is 7.61. The zero-order chi connectivity index (χ0) is 25.1. The molecule has 5 amide bonds. The molecule has 0 aliphatic carbocycles. The van der Waals surface area contributed by atoms with E-state index < -0.39 is 5.91 Å². The maximum atomic E-state index is 12.3. The molecule has 6 N–H and O–H groups in total. The van der Waals surface area contributed by atoms with Crippen molar-refractivity contribution >= 4 is 35.3 Å². The number of amides is 5. The number of carbonyl (C=O) groups is 6. The van der Waals surface area contributed by atoms with E-state index in [0.29, 0.717) is 38.8 Å². The van der Waals surface area contributed by atoms with Crippen molar-refractivity contribution in [3.05, 3.63) is 0 Å².